The molecule has 1 heterocycles. The molecule has 0 amide bonds. The van der Waals surface area contributed by atoms with Gasteiger partial charge in [-0.1, -0.05) is 5.57 Å². The van der Waals surface area contributed by atoms with Crippen molar-refractivity contribution in [2.75, 3.05) is 7.11 Å². The van der Waals surface area contributed by atoms with Gasteiger partial charge < -0.3 is 4.74 Å². The second-order valence-electron chi connectivity index (χ2n) is 3.15. The lowest BCUT2D eigenvalue weighted by Crippen LogP contribution is -2.00. The molecular weight excluding hydrogens is 178 g/mol. The van der Waals surface area contributed by atoms with E-state index in [0.29, 0.717) is 11.4 Å². The maximum absolute atomic E-state index is 11.6. The summed E-state index contributed by atoms with van der Waals surface area (Å²) in [5.74, 6) is 0.296. The fourth-order valence-corrected chi connectivity index (χ4v) is 1.08. The molecule has 1 aromatic heterocycles. The predicted molar refractivity (Wildman–Crippen MR) is 54.6 cm³/mol. The lowest BCUT2D eigenvalue weighted by atomic mass is 10.1. The standard InChI is InChI=1S/C11H13NO2/c1-8(2)7-10(13)9-5-4-6-12-11(9)14-3/h4-7H,1-3H3. The first-order valence-electron chi connectivity index (χ1n) is 4.33. The molecule has 0 unspecified atom stereocenters. The van der Waals surface area contributed by atoms with Crippen LogP contribution in [0.2, 0.25) is 0 Å². The van der Waals surface area contributed by atoms with Crippen LogP contribution in [-0.4, -0.2) is 17.9 Å². The molecule has 0 atom stereocenters. The minimum Gasteiger partial charge on any atom is -0.480 e. The van der Waals surface area contributed by atoms with E-state index in [0.717, 1.165) is 5.57 Å². The van der Waals surface area contributed by atoms with Gasteiger partial charge in [0.2, 0.25) is 5.88 Å². The van der Waals surface area contributed by atoms with Crippen molar-refractivity contribution < 1.29 is 9.53 Å². The van der Waals surface area contributed by atoms with E-state index < -0.39 is 0 Å². The van der Waals surface area contributed by atoms with Crippen LogP contribution in [0.5, 0.6) is 5.88 Å². The Morgan fingerprint density at radius 3 is 2.79 bits per heavy atom. The highest BCUT2D eigenvalue weighted by Crippen LogP contribution is 2.15. The minimum absolute atomic E-state index is 0.0741. The molecule has 14 heavy (non-hydrogen) atoms. The van der Waals surface area contributed by atoms with Crippen molar-refractivity contribution in [2.24, 2.45) is 0 Å². The summed E-state index contributed by atoms with van der Waals surface area (Å²) in [5.41, 5.74) is 1.46. The lowest BCUT2D eigenvalue weighted by molar-refractivity contribution is 0.104. The molecule has 1 aromatic rings. The Bertz CT molecular complexity index is 365. The van der Waals surface area contributed by atoms with Gasteiger partial charge in [0.05, 0.1) is 12.7 Å². The molecule has 0 aromatic carbocycles. The Balaban J connectivity index is 3.06. The third kappa shape index (κ3) is 2.42. The monoisotopic (exact) mass is 191 g/mol. The number of hydrogen-bond acceptors (Lipinski definition) is 3. The predicted octanol–water partition coefficient (Wildman–Crippen LogP) is 2.24. The van der Waals surface area contributed by atoms with Gasteiger partial charge in [0.1, 0.15) is 0 Å². The van der Waals surface area contributed by atoms with E-state index >= 15 is 0 Å². The van der Waals surface area contributed by atoms with Gasteiger partial charge in [-0.3, -0.25) is 4.79 Å². The zero-order chi connectivity index (χ0) is 10.6. The number of nitrogens with zero attached hydrogens (tertiary/aromatic N) is 1. The molecule has 0 saturated heterocycles. The number of methoxy groups -OCH3 is 1. The molecule has 3 nitrogen and oxygen atoms in total. The number of carbonyl (C=O) groups excluding carboxylic acids is 1. The molecule has 0 saturated carbocycles. The van der Waals surface area contributed by atoms with Gasteiger partial charge in [-0.15, -0.1) is 0 Å². The van der Waals surface area contributed by atoms with Crippen molar-refractivity contribution >= 4 is 5.78 Å². The molecule has 0 aliphatic carbocycles. The van der Waals surface area contributed by atoms with Gasteiger partial charge in [0, 0.05) is 6.20 Å². The summed E-state index contributed by atoms with van der Waals surface area (Å²) in [7, 11) is 1.50. The van der Waals surface area contributed by atoms with E-state index in [1.165, 1.54) is 7.11 Å². The van der Waals surface area contributed by atoms with E-state index in [9.17, 15) is 4.79 Å². The summed E-state index contributed by atoms with van der Waals surface area (Å²) >= 11 is 0. The van der Waals surface area contributed by atoms with Crippen LogP contribution in [0.25, 0.3) is 0 Å². The van der Waals surface area contributed by atoms with Crippen LogP contribution in [0.3, 0.4) is 0 Å². The molecule has 0 N–H and O–H groups in total. The van der Waals surface area contributed by atoms with Gasteiger partial charge in [-0.25, -0.2) is 4.98 Å². The average Bonchev–Trinajstić information content (AvgIpc) is 2.16. The highest BCUT2D eigenvalue weighted by atomic mass is 16.5. The Hall–Kier alpha value is -1.64. The molecule has 0 fully saturated rings. The first-order valence-corrected chi connectivity index (χ1v) is 4.33. The number of ether oxygens (including phenoxy) is 1. The number of carbonyl (C=O) groups is 1. The molecule has 0 aliphatic rings. The van der Waals surface area contributed by atoms with Crippen LogP contribution in [0.4, 0.5) is 0 Å². The summed E-state index contributed by atoms with van der Waals surface area (Å²) in [6.45, 7) is 3.75. The minimum atomic E-state index is -0.0741. The van der Waals surface area contributed by atoms with Crippen molar-refractivity contribution in [3.63, 3.8) is 0 Å². The molecule has 0 spiro atoms. The smallest absolute Gasteiger partial charge is 0.224 e. The van der Waals surface area contributed by atoms with Crippen molar-refractivity contribution in [2.45, 2.75) is 13.8 Å². The van der Waals surface area contributed by atoms with Crippen LogP contribution in [0, 0.1) is 0 Å². The number of rotatable bonds is 3. The largest absolute Gasteiger partial charge is 0.480 e. The highest BCUT2D eigenvalue weighted by molar-refractivity contribution is 6.06. The van der Waals surface area contributed by atoms with Gasteiger partial charge in [-0.05, 0) is 32.1 Å². The zero-order valence-corrected chi connectivity index (χ0v) is 8.57. The summed E-state index contributed by atoms with van der Waals surface area (Å²) < 4.78 is 4.99. The number of hydrogen-bond donors (Lipinski definition) is 0. The summed E-state index contributed by atoms with van der Waals surface area (Å²) in [5, 5.41) is 0. The first-order chi connectivity index (χ1) is 6.65. The van der Waals surface area contributed by atoms with Gasteiger partial charge >= 0.3 is 0 Å². The van der Waals surface area contributed by atoms with Crippen molar-refractivity contribution in [3.8, 4) is 5.88 Å². The fraction of sp³-hybridized carbons (Fsp3) is 0.273. The summed E-state index contributed by atoms with van der Waals surface area (Å²) in [6, 6.07) is 3.42. The Labute approximate surface area is 83.4 Å². The van der Waals surface area contributed by atoms with E-state index in [-0.39, 0.29) is 5.78 Å². The van der Waals surface area contributed by atoms with Crippen LogP contribution in [-0.2, 0) is 0 Å². The van der Waals surface area contributed by atoms with Crippen LogP contribution in [0.1, 0.15) is 24.2 Å². The topological polar surface area (TPSA) is 39.2 Å². The number of aromatic nitrogens is 1. The van der Waals surface area contributed by atoms with Crippen molar-refractivity contribution in [3.05, 3.63) is 35.5 Å². The molecule has 1 rings (SSSR count). The fourth-order valence-electron chi connectivity index (χ4n) is 1.08. The first kappa shape index (κ1) is 10.4. The number of pyridine rings is 1. The van der Waals surface area contributed by atoms with Crippen LogP contribution in [0.15, 0.2) is 30.0 Å². The Morgan fingerprint density at radius 1 is 1.50 bits per heavy atom. The number of ketones is 1. The molecule has 0 radical (unpaired) electrons. The van der Waals surface area contributed by atoms with E-state index in [2.05, 4.69) is 4.98 Å². The maximum Gasteiger partial charge on any atom is 0.224 e. The highest BCUT2D eigenvalue weighted by Gasteiger charge is 2.09. The molecule has 0 aliphatic heterocycles. The van der Waals surface area contributed by atoms with Gasteiger partial charge in [0.15, 0.2) is 5.78 Å². The van der Waals surface area contributed by atoms with E-state index in [4.69, 9.17) is 4.74 Å². The maximum atomic E-state index is 11.6. The lowest BCUT2D eigenvalue weighted by Gasteiger charge is -2.03. The SMILES string of the molecule is COc1ncccc1C(=O)C=C(C)C. The number of allylic oxidation sites excluding steroid dienone is 2. The summed E-state index contributed by atoms with van der Waals surface area (Å²) in [4.78, 5) is 15.6. The normalized spacial score (nSPS) is 9.36. The average molecular weight is 191 g/mol. The third-order valence-corrected chi connectivity index (χ3v) is 1.65. The molecule has 0 bridgehead atoms. The second-order valence-corrected chi connectivity index (χ2v) is 3.15. The van der Waals surface area contributed by atoms with Crippen LogP contribution < -0.4 is 4.74 Å². The third-order valence-electron chi connectivity index (χ3n) is 1.65. The van der Waals surface area contributed by atoms with E-state index in [1.54, 1.807) is 24.4 Å². The van der Waals surface area contributed by atoms with Crippen molar-refractivity contribution in [1.82, 2.24) is 4.98 Å². The zero-order valence-electron chi connectivity index (χ0n) is 8.57. The quantitative estimate of drug-likeness (QED) is 0.543. The molecule has 3 heteroatoms. The Morgan fingerprint density at radius 2 is 2.21 bits per heavy atom. The molecular formula is C11H13NO2. The summed E-state index contributed by atoms with van der Waals surface area (Å²) in [6.07, 6.45) is 3.16. The van der Waals surface area contributed by atoms with E-state index in [1.807, 2.05) is 13.8 Å². The van der Waals surface area contributed by atoms with Gasteiger partial charge in [-0.2, -0.15) is 0 Å². The second kappa shape index (κ2) is 4.56. The molecule has 74 valence electrons. The van der Waals surface area contributed by atoms with Crippen LogP contribution >= 0.6 is 0 Å². The van der Waals surface area contributed by atoms with Crippen molar-refractivity contribution in [1.29, 1.82) is 0 Å². The van der Waals surface area contributed by atoms with Gasteiger partial charge in [0.25, 0.3) is 0 Å². The Kier molecular flexibility index (Phi) is 3.40.